The molecule has 0 saturated heterocycles. The van der Waals surface area contributed by atoms with Crippen molar-refractivity contribution in [2.75, 3.05) is 23.6 Å². The maximum Gasteiger partial charge on any atom is 0.262 e. The summed E-state index contributed by atoms with van der Waals surface area (Å²) in [4.78, 5) is 16.0. The van der Waals surface area contributed by atoms with Crippen molar-refractivity contribution in [1.29, 1.82) is 0 Å². The predicted octanol–water partition coefficient (Wildman–Crippen LogP) is 2.80. The number of sulfonamides is 2. The number of aromatic nitrogens is 1. The van der Waals surface area contributed by atoms with Gasteiger partial charge in [0.2, 0.25) is 15.9 Å². The SMILES string of the molecule is CN(CC(=O)Nc1cccc(S(=O)(=O)Nc2ccccc2Cl)c1)S(=O)(=O)c1cccnc1. The number of para-hydroxylation sites is 1. The van der Waals surface area contributed by atoms with Gasteiger partial charge < -0.3 is 5.32 Å². The molecule has 168 valence electrons. The lowest BCUT2D eigenvalue weighted by Crippen LogP contribution is -2.35. The van der Waals surface area contributed by atoms with E-state index in [1.54, 1.807) is 18.2 Å². The van der Waals surface area contributed by atoms with Gasteiger partial charge in [-0.2, -0.15) is 4.31 Å². The zero-order valence-corrected chi connectivity index (χ0v) is 19.2. The van der Waals surface area contributed by atoms with Crippen LogP contribution in [0.5, 0.6) is 0 Å². The minimum absolute atomic E-state index is 0.0472. The zero-order valence-electron chi connectivity index (χ0n) is 16.8. The molecule has 0 saturated carbocycles. The molecule has 0 fully saturated rings. The molecule has 0 bridgehead atoms. The first-order valence-corrected chi connectivity index (χ1v) is 12.4. The van der Waals surface area contributed by atoms with Crippen molar-refractivity contribution in [3.8, 4) is 0 Å². The fraction of sp³-hybridized carbons (Fsp3) is 0.100. The number of benzene rings is 2. The molecule has 3 aromatic rings. The zero-order chi connectivity index (χ0) is 23.4. The molecular weight excluding hydrogens is 476 g/mol. The summed E-state index contributed by atoms with van der Waals surface area (Å²) in [6.07, 6.45) is 2.62. The summed E-state index contributed by atoms with van der Waals surface area (Å²) in [5.41, 5.74) is 0.398. The second kappa shape index (κ2) is 9.65. The Morgan fingerprint density at radius 2 is 1.72 bits per heavy atom. The van der Waals surface area contributed by atoms with Gasteiger partial charge in [-0.25, -0.2) is 16.8 Å². The van der Waals surface area contributed by atoms with E-state index < -0.39 is 32.5 Å². The number of hydrogen-bond donors (Lipinski definition) is 2. The van der Waals surface area contributed by atoms with Crippen LogP contribution in [0.4, 0.5) is 11.4 Å². The maximum atomic E-state index is 12.7. The molecule has 2 aromatic carbocycles. The number of hydrogen-bond acceptors (Lipinski definition) is 6. The Morgan fingerprint density at radius 1 is 1.00 bits per heavy atom. The van der Waals surface area contributed by atoms with Crippen molar-refractivity contribution in [2.24, 2.45) is 0 Å². The summed E-state index contributed by atoms with van der Waals surface area (Å²) in [5, 5.41) is 2.74. The van der Waals surface area contributed by atoms with Crippen LogP contribution in [0, 0.1) is 0 Å². The van der Waals surface area contributed by atoms with Crippen molar-refractivity contribution in [3.05, 3.63) is 78.1 Å². The molecule has 1 heterocycles. The summed E-state index contributed by atoms with van der Waals surface area (Å²) in [7, 11) is -6.62. The van der Waals surface area contributed by atoms with E-state index in [4.69, 9.17) is 11.6 Å². The number of rotatable bonds is 8. The van der Waals surface area contributed by atoms with Gasteiger partial charge >= 0.3 is 0 Å². The highest BCUT2D eigenvalue weighted by molar-refractivity contribution is 7.92. The normalized spacial score (nSPS) is 11.8. The molecule has 1 amide bonds. The van der Waals surface area contributed by atoms with Crippen LogP contribution in [0.15, 0.2) is 82.8 Å². The average Bonchev–Trinajstić information content (AvgIpc) is 2.76. The molecule has 0 spiro atoms. The largest absolute Gasteiger partial charge is 0.325 e. The maximum absolute atomic E-state index is 12.7. The fourth-order valence-electron chi connectivity index (χ4n) is 2.66. The van der Waals surface area contributed by atoms with Gasteiger partial charge in [-0.05, 0) is 42.5 Å². The number of carbonyl (C=O) groups is 1. The number of halogens is 1. The summed E-state index contributed by atoms with van der Waals surface area (Å²) >= 11 is 6.01. The van der Waals surface area contributed by atoms with Crippen LogP contribution in [-0.2, 0) is 24.8 Å². The van der Waals surface area contributed by atoms with Crippen molar-refractivity contribution in [3.63, 3.8) is 0 Å². The van der Waals surface area contributed by atoms with E-state index in [1.165, 1.54) is 61.9 Å². The minimum Gasteiger partial charge on any atom is -0.325 e. The van der Waals surface area contributed by atoms with Crippen LogP contribution in [0.2, 0.25) is 5.02 Å². The van der Waals surface area contributed by atoms with Crippen molar-refractivity contribution in [1.82, 2.24) is 9.29 Å². The standard InChI is InChI=1S/C20H19ClN4O5S2/c1-25(32(29,30)17-8-5-11-22-13-17)14-20(26)23-15-6-4-7-16(12-15)31(27,28)24-19-10-3-2-9-18(19)21/h2-13,24H,14H2,1H3,(H,23,26). The number of pyridine rings is 1. The highest BCUT2D eigenvalue weighted by Gasteiger charge is 2.23. The second-order valence-electron chi connectivity index (χ2n) is 6.61. The van der Waals surface area contributed by atoms with Crippen LogP contribution >= 0.6 is 11.6 Å². The van der Waals surface area contributed by atoms with Gasteiger partial charge in [0.1, 0.15) is 4.90 Å². The van der Waals surface area contributed by atoms with Crippen LogP contribution in [0.3, 0.4) is 0 Å². The Labute approximate surface area is 191 Å². The third kappa shape index (κ3) is 5.62. The first-order chi connectivity index (χ1) is 15.1. The smallest absolute Gasteiger partial charge is 0.262 e. The van der Waals surface area contributed by atoms with Crippen LogP contribution in [0.1, 0.15) is 0 Å². The number of amides is 1. The van der Waals surface area contributed by atoms with Gasteiger partial charge in [0.05, 0.1) is 22.2 Å². The van der Waals surface area contributed by atoms with E-state index >= 15 is 0 Å². The van der Waals surface area contributed by atoms with Crippen molar-refractivity contribution >= 4 is 48.9 Å². The van der Waals surface area contributed by atoms with Gasteiger partial charge in [0.15, 0.2) is 0 Å². The Morgan fingerprint density at radius 3 is 2.41 bits per heavy atom. The molecule has 9 nitrogen and oxygen atoms in total. The van der Waals surface area contributed by atoms with Gasteiger partial charge in [-0.15, -0.1) is 0 Å². The Balaban J connectivity index is 1.71. The monoisotopic (exact) mass is 494 g/mol. The molecule has 2 N–H and O–H groups in total. The minimum atomic E-state index is -3.98. The van der Waals surface area contributed by atoms with E-state index in [2.05, 4.69) is 15.0 Å². The van der Waals surface area contributed by atoms with Crippen LogP contribution < -0.4 is 10.0 Å². The average molecular weight is 495 g/mol. The molecule has 0 aliphatic carbocycles. The van der Waals surface area contributed by atoms with E-state index in [-0.39, 0.29) is 26.2 Å². The number of carbonyl (C=O) groups excluding carboxylic acids is 1. The van der Waals surface area contributed by atoms with Crippen LogP contribution in [-0.4, -0.2) is 45.6 Å². The van der Waals surface area contributed by atoms with E-state index in [9.17, 15) is 21.6 Å². The third-order valence-corrected chi connectivity index (χ3v) is 7.73. The molecule has 0 aliphatic rings. The molecule has 0 radical (unpaired) electrons. The van der Waals surface area contributed by atoms with E-state index in [0.29, 0.717) is 0 Å². The van der Waals surface area contributed by atoms with Gasteiger partial charge in [-0.1, -0.05) is 29.8 Å². The molecular formula is C20H19ClN4O5S2. The summed E-state index contributed by atoms with van der Waals surface area (Å²) in [5.74, 6) is -0.645. The molecule has 3 rings (SSSR count). The van der Waals surface area contributed by atoms with E-state index in [1.807, 2.05) is 0 Å². The number of likely N-dealkylation sites (N-methyl/N-ethyl adjacent to an activating group) is 1. The van der Waals surface area contributed by atoms with Gasteiger partial charge in [0, 0.05) is 25.1 Å². The number of nitrogens with one attached hydrogen (secondary N) is 2. The molecule has 0 aliphatic heterocycles. The summed E-state index contributed by atoms with van der Waals surface area (Å²) in [6, 6.07) is 14.8. The highest BCUT2D eigenvalue weighted by atomic mass is 35.5. The fourth-order valence-corrected chi connectivity index (χ4v) is 5.11. The first-order valence-electron chi connectivity index (χ1n) is 9.13. The quantitative estimate of drug-likeness (QED) is 0.496. The topological polar surface area (TPSA) is 126 Å². The van der Waals surface area contributed by atoms with Crippen LogP contribution in [0.25, 0.3) is 0 Å². The lowest BCUT2D eigenvalue weighted by Gasteiger charge is -2.17. The number of nitrogens with zero attached hydrogens (tertiary/aromatic N) is 2. The van der Waals surface area contributed by atoms with Gasteiger partial charge in [-0.3, -0.25) is 14.5 Å². The Bertz CT molecular complexity index is 1330. The summed E-state index contributed by atoms with van der Waals surface area (Å²) < 4.78 is 53.7. The molecule has 0 atom stereocenters. The highest BCUT2D eigenvalue weighted by Crippen LogP contribution is 2.25. The van der Waals surface area contributed by atoms with Crippen molar-refractivity contribution in [2.45, 2.75) is 9.79 Å². The third-order valence-electron chi connectivity index (χ3n) is 4.26. The molecule has 32 heavy (non-hydrogen) atoms. The summed E-state index contributed by atoms with van der Waals surface area (Å²) in [6.45, 7) is -0.480. The Hall–Kier alpha value is -2.99. The second-order valence-corrected chi connectivity index (χ2v) is 10.7. The number of anilines is 2. The molecule has 0 unspecified atom stereocenters. The lowest BCUT2D eigenvalue weighted by atomic mass is 10.3. The van der Waals surface area contributed by atoms with Crippen molar-refractivity contribution < 1.29 is 21.6 Å². The van der Waals surface area contributed by atoms with Gasteiger partial charge in [0.25, 0.3) is 10.0 Å². The predicted molar refractivity (Wildman–Crippen MR) is 121 cm³/mol. The first kappa shape index (κ1) is 23.7. The van der Waals surface area contributed by atoms with E-state index in [0.717, 1.165) is 4.31 Å². The Kier molecular flexibility index (Phi) is 7.14. The lowest BCUT2D eigenvalue weighted by molar-refractivity contribution is -0.116. The molecule has 12 heteroatoms. The molecule has 1 aromatic heterocycles.